The van der Waals surface area contributed by atoms with Gasteiger partial charge in [-0.05, 0) is 147 Å². The Kier molecular flexibility index (Phi) is 20.2. The highest BCUT2D eigenvalue weighted by molar-refractivity contribution is 7.93. The number of carboxylic acids is 1. The van der Waals surface area contributed by atoms with Crippen LogP contribution in [0.1, 0.15) is 32.1 Å². The predicted molar refractivity (Wildman–Crippen MR) is 328 cm³/mol. The highest BCUT2D eigenvalue weighted by Crippen LogP contribution is 2.37. The van der Waals surface area contributed by atoms with Crippen molar-refractivity contribution < 1.29 is 67.4 Å². The molecule has 0 saturated heterocycles. The summed E-state index contributed by atoms with van der Waals surface area (Å²) in [6.07, 6.45) is 0.966. The van der Waals surface area contributed by atoms with Crippen molar-refractivity contribution in [1.29, 1.82) is 0 Å². The Hall–Kier alpha value is -9.28. The Morgan fingerprint density at radius 3 is 1.27 bits per heavy atom. The van der Waals surface area contributed by atoms with Crippen molar-refractivity contribution >= 4 is 119 Å². The monoisotopic (exact) mass is 1250 g/mol. The largest absolute Gasteiger partial charge is 0.497 e. The Morgan fingerprint density at radius 2 is 0.814 bits per heavy atom. The molecule has 0 heterocycles. The minimum absolute atomic E-state index is 0.00153. The van der Waals surface area contributed by atoms with Crippen LogP contribution in [-0.4, -0.2) is 103 Å². The third-order valence-corrected chi connectivity index (χ3v) is 19.1. The van der Waals surface area contributed by atoms with Crippen molar-refractivity contribution in [3.63, 3.8) is 0 Å². The standard InChI is InChI=1S/C59H60N8O15S4/c1-81-42-18-26-46(27-19-42)85(77,78)65-53-31-30-52(48-9-3-4-10-49(48)53)64-83(73,74)44-22-14-40(15-23-44)62-57(69)13-7-36-60-37-8-38-61-56(68)34-35-58(70)63-41-16-24-45(25-17-41)84(75,76)66-54-32-33-55(51-12-6-5-11-50(51)54)67(39-59(71)72)86(79,80)47-28-20-43(82-2)21-29-47/h3-6,9-12,14-33,60,64-66H,7-8,13,34-39H2,1-2H3,(H,61,68)(H,62,69)(H,63,70)(H,71,72). The van der Waals surface area contributed by atoms with Crippen LogP contribution in [-0.2, 0) is 59.3 Å². The molecule has 8 N–H and O–H groups in total. The van der Waals surface area contributed by atoms with Gasteiger partial charge in [-0.2, -0.15) is 0 Å². The van der Waals surface area contributed by atoms with Gasteiger partial charge in [0.25, 0.3) is 40.1 Å². The summed E-state index contributed by atoms with van der Waals surface area (Å²) in [6, 6.07) is 40.9. The van der Waals surface area contributed by atoms with E-state index in [1.54, 1.807) is 48.5 Å². The van der Waals surface area contributed by atoms with Crippen LogP contribution in [0.4, 0.5) is 34.1 Å². The lowest BCUT2D eigenvalue weighted by Gasteiger charge is -2.25. The van der Waals surface area contributed by atoms with E-state index >= 15 is 0 Å². The van der Waals surface area contributed by atoms with Gasteiger partial charge < -0.3 is 35.8 Å². The number of sulfonamides is 4. The number of nitrogens with zero attached hydrogens (tertiary/aromatic N) is 1. The summed E-state index contributed by atoms with van der Waals surface area (Å²) in [6.45, 7) is 0.437. The van der Waals surface area contributed by atoms with E-state index in [1.165, 1.54) is 136 Å². The van der Waals surface area contributed by atoms with Crippen molar-refractivity contribution in [2.45, 2.75) is 51.7 Å². The maximum absolute atomic E-state index is 13.8. The number of hydrogen-bond donors (Lipinski definition) is 8. The van der Waals surface area contributed by atoms with E-state index in [9.17, 15) is 58.0 Å². The highest BCUT2D eigenvalue weighted by Gasteiger charge is 2.30. The van der Waals surface area contributed by atoms with Gasteiger partial charge in [-0.15, -0.1) is 0 Å². The van der Waals surface area contributed by atoms with Gasteiger partial charge >= 0.3 is 5.97 Å². The maximum atomic E-state index is 13.8. The summed E-state index contributed by atoms with van der Waals surface area (Å²) in [5.41, 5.74) is 1.21. The molecule has 0 fully saturated rings. The molecular formula is C59H60N8O15S4. The second-order valence-electron chi connectivity index (χ2n) is 19.2. The van der Waals surface area contributed by atoms with Gasteiger partial charge in [0.05, 0.1) is 56.6 Å². The molecule has 0 aliphatic heterocycles. The summed E-state index contributed by atoms with van der Waals surface area (Å²) < 4.78 is 127. The van der Waals surface area contributed by atoms with Crippen LogP contribution in [0.15, 0.2) is 189 Å². The number of carbonyl (C=O) groups excluding carboxylic acids is 3. The van der Waals surface area contributed by atoms with E-state index < -0.39 is 58.5 Å². The number of anilines is 6. The van der Waals surface area contributed by atoms with Gasteiger partial charge in [-0.3, -0.25) is 37.6 Å². The summed E-state index contributed by atoms with van der Waals surface area (Å²) in [5, 5.41) is 22.5. The molecule has 86 heavy (non-hydrogen) atoms. The van der Waals surface area contributed by atoms with Gasteiger partial charge in [0.2, 0.25) is 17.7 Å². The van der Waals surface area contributed by atoms with Crippen molar-refractivity contribution in [2.24, 2.45) is 0 Å². The van der Waals surface area contributed by atoms with Crippen molar-refractivity contribution in [3.05, 3.63) is 170 Å². The lowest BCUT2D eigenvalue weighted by atomic mass is 10.1. The molecule has 8 rings (SSSR count). The molecule has 27 heteroatoms. The summed E-state index contributed by atoms with van der Waals surface area (Å²) in [5.74, 6) is -1.66. The number of hydrogen-bond acceptors (Lipinski definition) is 15. The number of amides is 3. The first kappa shape index (κ1) is 62.8. The molecule has 0 saturated carbocycles. The lowest BCUT2D eigenvalue weighted by molar-refractivity contribution is -0.135. The number of methoxy groups -OCH3 is 2. The summed E-state index contributed by atoms with van der Waals surface area (Å²) in [7, 11) is -13.9. The van der Waals surface area contributed by atoms with E-state index in [0.29, 0.717) is 60.4 Å². The van der Waals surface area contributed by atoms with Crippen molar-refractivity contribution in [2.75, 3.05) is 69.5 Å². The van der Waals surface area contributed by atoms with E-state index in [1.807, 2.05) is 0 Å². The van der Waals surface area contributed by atoms with Crippen LogP contribution in [0.2, 0.25) is 0 Å². The van der Waals surface area contributed by atoms with Gasteiger partial charge in [0, 0.05) is 58.7 Å². The number of aliphatic carboxylic acids is 1. The van der Waals surface area contributed by atoms with Crippen LogP contribution in [0.3, 0.4) is 0 Å². The maximum Gasteiger partial charge on any atom is 0.324 e. The molecule has 0 atom stereocenters. The molecule has 0 bridgehead atoms. The molecule has 0 aliphatic carbocycles. The number of benzene rings is 8. The number of ether oxygens (including phenoxy) is 2. The fourth-order valence-corrected chi connectivity index (χ4v) is 13.5. The van der Waals surface area contributed by atoms with Crippen LogP contribution < -0.4 is 49.2 Å². The Labute approximate surface area is 497 Å². The van der Waals surface area contributed by atoms with Gasteiger partial charge in [0.1, 0.15) is 18.0 Å². The highest BCUT2D eigenvalue weighted by atomic mass is 32.2. The fourth-order valence-electron chi connectivity index (χ4n) is 8.87. The Bertz CT molecular complexity index is 4250. The number of nitrogens with one attached hydrogen (secondary N) is 7. The number of fused-ring (bicyclic) bond motifs is 2. The molecule has 8 aromatic rings. The Morgan fingerprint density at radius 1 is 0.430 bits per heavy atom. The lowest BCUT2D eigenvalue weighted by Crippen LogP contribution is -2.36. The molecule has 0 radical (unpaired) electrons. The van der Waals surface area contributed by atoms with E-state index in [0.717, 1.165) is 4.31 Å². The van der Waals surface area contributed by atoms with Gasteiger partial charge in [0.15, 0.2) is 0 Å². The molecular weight excluding hydrogens is 1190 g/mol. The van der Waals surface area contributed by atoms with Crippen LogP contribution in [0.25, 0.3) is 21.5 Å². The molecule has 23 nitrogen and oxygen atoms in total. The normalized spacial score (nSPS) is 11.7. The number of rotatable bonds is 29. The Balaban J connectivity index is 0.722. The minimum atomic E-state index is -4.43. The van der Waals surface area contributed by atoms with Crippen LogP contribution in [0.5, 0.6) is 11.5 Å². The first-order chi connectivity index (χ1) is 41.1. The minimum Gasteiger partial charge on any atom is -0.497 e. The molecule has 0 aliphatic rings. The first-order valence-corrected chi connectivity index (χ1v) is 32.4. The van der Waals surface area contributed by atoms with Crippen molar-refractivity contribution in [1.82, 2.24) is 10.6 Å². The molecule has 0 unspecified atom stereocenters. The quantitative estimate of drug-likeness (QED) is 0.0206. The van der Waals surface area contributed by atoms with Crippen molar-refractivity contribution in [3.8, 4) is 11.5 Å². The molecule has 0 spiro atoms. The molecule has 3 amide bonds. The smallest absolute Gasteiger partial charge is 0.324 e. The molecule has 8 aromatic carbocycles. The van der Waals surface area contributed by atoms with E-state index in [4.69, 9.17) is 9.47 Å². The van der Waals surface area contributed by atoms with E-state index in [-0.39, 0.29) is 89.9 Å². The third-order valence-electron chi connectivity index (χ3n) is 13.2. The predicted octanol–water partition coefficient (Wildman–Crippen LogP) is 7.93. The topological polar surface area (TPSA) is 331 Å². The number of carbonyl (C=O) groups is 4. The fraction of sp³-hybridized carbons (Fsp3) is 0.186. The summed E-state index contributed by atoms with van der Waals surface area (Å²) >= 11 is 0. The second-order valence-corrected chi connectivity index (χ2v) is 26.1. The average molecular weight is 1250 g/mol. The molecule has 450 valence electrons. The zero-order valence-electron chi connectivity index (χ0n) is 46.3. The SMILES string of the molecule is COc1ccc(S(=O)(=O)Nc2ccc(NS(=O)(=O)c3ccc(NC(=O)CCCNCCCNC(=O)CCC(=O)Nc4ccc(S(=O)(=O)Nc5ccc(N(CC(=O)O)S(=O)(=O)c6ccc(OC)cc6)c6ccccc56)cc4)cc3)c3ccccc23)cc1. The van der Waals surface area contributed by atoms with Crippen LogP contribution >= 0.6 is 0 Å². The van der Waals surface area contributed by atoms with Gasteiger partial charge in [-0.25, -0.2) is 33.7 Å². The molecule has 0 aromatic heterocycles. The zero-order valence-corrected chi connectivity index (χ0v) is 49.5. The van der Waals surface area contributed by atoms with Crippen LogP contribution in [0, 0.1) is 0 Å². The number of carboxylic acid groups (broad SMARTS) is 1. The summed E-state index contributed by atoms with van der Waals surface area (Å²) in [4.78, 5) is 49.5. The first-order valence-electron chi connectivity index (χ1n) is 26.5. The average Bonchev–Trinajstić information content (AvgIpc) is 0.944. The van der Waals surface area contributed by atoms with E-state index in [2.05, 4.69) is 35.4 Å². The van der Waals surface area contributed by atoms with Gasteiger partial charge in [-0.1, -0.05) is 48.5 Å². The zero-order chi connectivity index (χ0) is 61.7. The third kappa shape index (κ3) is 15.9. The second kappa shape index (κ2) is 27.6.